The van der Waals surface area contributed by atoms with Gasteiger partial charge in [0.05, 0.1) is 17.2 Å². The molecule has 1 aliphatic heterocycles. The first-order valence-corrected chi connectivity index (χ1v) is 5.45. The molecule has 0 radical (unpaired) electrons. The van der Waals surface area contributed by atoms with Crippen molar-refractivity contribution in [3.8, 4) is 0 Å². The maximum absolute atomic E-state index is 12.0. The number of carbonyl (C=O) groups is 2. The van der Waals surface area contributed by atoms with Gasteiger partial charge in [0.2, 0.25) is 0 Å². The third kappa shape index (κ3) is 1.89. The second-order valence-corrected chi connectivity index (χ2v) is 4.17. The third-order valence-corrected chi connectivity index (χ3v) is 2.80. The predicted octanol–water partition coefficient (Wildman–Crippen LogP) is 0.636. The SMILES string of the molecule is CC(O)CCN1C(=O)c2cccc(N)c2C1=O. The van der Waals surface area contributed by atoms with Gasteiger partial charge in [-0.2, -0.15) is 0 Å². The molecular formula is C12H14N2O3. The summed E-state index contributed by atoms with van der Waals surface area (Å²) in [6.07, 6.45) is -0.178. The molecule has 0 bridgehead atoms. The van der Waals surface area contributed by atoms with Gasteiger partial charge in [-0.1, -0.05) is 6.07 Å². The van der Waals surface area contributed by atoms with Crippen LogP contribution in [0.1, 0.15) is 34.1 Å². The smallest absolute Gasteiger partial charge is 0.263 e. The Bertz CT molecular complexity index is 483. The number of aliphatic hydroxyl groups excluding tert-OH is 1. The summed E-state index contributed by atoms with van der Waals surface area (Å²) in [6.45, 7) is 1.83. The Morgan fingerprint density at radius 3 is 2.65 bits per heavy atom. The van der Waals surface area contributed by atoms with Crippen LogP contribution in [0.15, 0.2) is 18.2 Å². The van der Waals surface area contributed by atoms with Crippen LogP contribution >= 0.6 is 0 Å². The standard InChI is InChI=1S/C12H14N2O3/c1-7(15)5-6-14-11(16)8-3-2-4-9(13)10(8)12(14)17/h2-4,7,15H,5-6,13H2,1H3. The first kappa shape index (κ1) is 11.6. The van der Waals surface area contributed by atoms with Crippen molar-refractivity contribution in [1.29, 1.82) is 0 Å². The number of rotatable bonds is 3. The van der Waals surface area contributed by atoms with Gasteiger partial charge < -0.3 is 10.8 Å². The van der Waals surface area contributed by atoms with Gasteiger partial charge in [-0.25, -0.2) is 0 Å². The van der Waals surface area contributed by atoms with Crippen LogP contribution in [-0.2, 0) is 0 Å². The molecule has 5 heteroatoms. The lowest BCUT2D eigenvalue weighted by Gasteiger charge is -2.14. The predicted molar refractivity (Wildman–Crippen MR) is 62.5 cm³/mol. The van der Waals surface area contributed by atoms with Crippen LogP contribution in [0.4, 0.5) is 5.69 Å². The van der Waals surface area contributed by atoms with Crippen molar-refractivity contribution in [1.82, 2.24) is 4.90 Å². The molecule has 1 aromatic rings. The normalized spacial score (nSPS) is 16.2. The van der Waals surface area contributed by atoms with E-state index in [-0.39, 0.29) is 23.9 Å². The number of fused-ring (bicyclic) bond motifs is 1. The van der Waals surface area contributed by atoms with Crippen molar-refractivity contribution in [3.63, 3.8) is 0 Å². The molecule has 0 spiro atoms. The Morgan fingerprint density at radius 2 is 2.06 bits per heavy atom. The molecule has 0 fully saturated rings. The molecule has 1 aliphatic rings. The van der Waals surface area contributed by atoms with E-state index in [4.69, 9.17) is 5.73 Å². The Morgan fingerprint density at radius 1 is 1.35 bits per heavy atom. The molecule has 17 heavy (non-hydrogen) atoms. The number of hydrogen-bond acceptors (Lipinski definition) is 4. The number of nitrogens with zero attached hydrogens (tertiary/aromatic N) is 1. The highest BCUT2D eigenvalue weighted by Gasteiger charge is 2.36. The monoisotopic (exact) mass is 234 g/mol. The second kappa shape index (κ2) is 4.18. The Kier molecular flexibility index (Phi) is 2.85. The van der Waals surface area contributed by atoms with Gasteiger partial charge in [-0.15, -0.1) is 0 Å². The number of nitrogens with two attached hydrogens (primary N) is 1. The van der Waals surface area contributed by atoms with Crippen LogP contribution in [0.2, 0.25) is 0 Å². The lowest BCUT2D eigenvalue weighted by molar-refractivity contribution is 0.0629. The number of imide groups is 1. The molecule has 0 aliphatic carbocycles. The summed E-state index contributed by atoms with van der Waals surface area (Å²) in [5.41, 5.74) is 6.64. The van der Waals surface area contributed by atoms with Crippen molar-refractivity contribution >= 4 is 17.5 Å². The first-order chi connectivity index (χ1) is 8.02. The molecule has 0 saturated heterocycles. The fourth-order valence-electron chi connectivity index (χ4n) is 1.88. The van der Waals surface area contributed by atoms with E-state index in [9.17, 15) is 14.7 Å². The zero-order valence-electron chi connectivity index (χ0n) is 9.51. The number of anilines is 1. The molecule has 1 atom stereocenters. The number of carbonyl (C=O) groups excluding carboxylic acids is 2. The highest BCUT2D eigenvalue weighted by atomic mass is 16.3. The van der Waals surface area contributed by atoms with Crippen molar-refractivity contribution in [2.45, 2.75) is 19.4 Å². The molecule has 1 unspecified atom stereocenters. The Labute approximate surface area is 98.8 Å². The second-order valence-electron chi connectivity index (χ2n) is 4.17. The van der Waals surface area contributed by atoms with Gasteiger partial charge in [0.1, 0.15) is 0 Å². The lowest BCUT2D eigenvalue weighted by atomic mass is 10.1. The van der Waals surface area contributed by atoms with E-state index >= 15 is 0 Å². The van der Waals surface area contributed by atoms with E-state index in [0.29, 0.717) is 17.7 Å². The Hall–Kier alpha value is -1.88. The van der Waals surface area contributed by atoms with Gasteiger partial charge in [-0.3, -0.25) is 14.5 Å². The van der Waals surface area contributed by atoms with Gasteiger partial charge in [0.15, 0.2) is 0 Å². The van der Waals surface area contributed by atoms with Crippen molar-refractivity contribution in [2.24, 2.45) is 0 Å². The van der Waals surface area contributed by atoms with Gasteiger partial charge in [0, 0.05) is 12.2 Å². The van der Waals surface area contributed by atoms with Crippen molar-refractivity contribution in [2.75, 3.05) is 12.3 Å². The summed E-state index contributed by atoms with van der Waals surface area (Å²) in [6, 6.07) is 4.84. The number of nitrogen functional groups attached to an aromatic ring is 1. The highest BCUT2D eigenvalue weighted by Crippen LogP contribution is 2.27. The molecule has 0 saturated carbocycles. The minimum absolute atomic E-state index is 0.212. The van der Waals surface area contributed by atoms with Crippen molar-refractivity contribution in [3.05, 3.63) is 29.3 Å². The quantitative estimate of drug-likeness (QED) is 0.593. The minimum atomic E-state index is -0.545. The number of aliphatic hydroxyl groups is 1. The average molecular weight is 234 g/mol. The average Bonchev–Trinajstić information content (AvgIpc) is 2.50. The first-order valence-electron chi connectivity index (χ1n) is 5.45. The van der Waals surface area contributed by atoms with Crippen LogP contribution in [0.25, 0.3) is 0 Å². The summed E-state index contributed by atoms with van der Waals surface area (Å²) < 4.78 is 0. The van der Waals surface area contributed by atoms with Crippen LogP contribution in [0, 0.1) is 0 Å². The van der Waals surface area contributed by atoms with E-state index in [2.05, 4.69) is 0 Å². The van der Waals surface area contributed by atoms with E-state index < -0.39 is 6.10 Å². The lowest BCUT2D eigenvalue weighted by Crippen LogP contribution is -2.32. The number of hydrogen-bond donors (Lipinski definition) is 2. The fourth-order valence-corrected chi connectivity index (χ4v) is 1.88. The van der Waals surface area contributed by atoms with Crippen LogP contribution in [-0.4, -0.2) is 34.5 Å². The van der Waals surface area contributed by atoms with Crippen molar-refractivity contribution < 1.29 is 14.7 Å². The van der Waals surface area contributed by atoms with Gasteiger partial charge in [-0.05, 0) is 25.5 Å². The summed E-state index contributed by atoms with van der Waals surface area (Å²) in [5.74, 6) is -0.707. The maximum atomic E-state index is 12.0. The van der Waals surface area contributed by atoms with Crippen LogP contribution in [0.5, 0.6) is 0 Å². The number of amides is 2. The molecule has 90 valence electrons. The zero-order chi connectivity index (χ0) is 12.6. The van der Waals surface area contributed by atoms with Gasteiger partial charge in [0.25, 0.3) is 11.8 Å². The molecule has 3 N–H and O–H groups in total. The molecule has 1 aromatic carbocycles. The van der Waals surface area contributed by atoms with Gasteiger partial charge >= 0.3 is 0 Å². The van der Waals surface area contributed by atoms with Crippen LogP contribution < -0.4 is 5.73 Å². The number of benzene rings is 1. The van der Waals surface area contributed by atoms with Crippen LogP contribution in [0.3, 0.4) is 0 Å². The third-order valence-electron chi connectivity index (χ3n) is 2.80. The minimum Gasteiger partial charge on any atom is -0.398 e. The maximum Gasteiger partial charge on any atom is 0.263 e. The molecule has 5 nitrogen and oxygen atoms in total. The molecular weight excluding hydrogens is 220 g/mol. The highest BCUT2D eigenvalue weighted by molar-refractivity contribution is 6.23. The topological polar surface area (TPSA) is 83.6 Å². The zero-order valence-corrected chi connectivity index (χ0v) is 9.51. The van der Waals surface area contributed by atoms with E-state index in [1.54, 1.807) is 25.1 Å². The molecule has 2 amide bonds. The molecule has 2 rings (SSSR count). The summed E-state index contributed by atoms with van der Waals surface area (Å²) in [7, 11) is 0. The summed E-state index contributed by atoms with van der Waals surface area (Å²) in [5, 5.41) is 9.18. The summed E-state index contributed by atoms with van der Waals surface area (Å²) in [4.78, 5) is 25.1. The molecule has 1 heterocycles. The van der Waals surface area contributed by atoms with E-state index in [1.165, 1.54) is 0 Å². The van der Waals surface area contributed by atoms with E-state index in [1.807, 2.05) is 0 Å². The summed E-state index contributed by atoms with van der Waals surface area (Å²) >= 11 is 0. The molecule has 0 aromatic heterocycles. The largest absolute Gasteiger partial charge is 0.398 e. The Balaban J connectivity index is 2.30. The van der Waals surface area contributed by atoms with E-state index in [0.717, 1.165) is 4.90 Å². The fraction of sp³-hybridized carbons (Fsp3) is 0.333.